The first-order chi connectivity index (χ1) is 8.77. The van der Waals surface area contributed by atoms with Gasteiger partial charge in [-0.3, -0.25) is 0 Å². The Labute approximate surface area is 123 Å². The van der Waals surface area contributed by atoms with Crippen molar-refractivity contribution in [2.24, 2.45) is 11.8 Å². The quantitative estimate of drug-likeness (QED) is 0.858. The fourth-order valence-corrected chi connectivity index (χ4v) is 3.24. The number of sulfonamides is 1. The summed E-state index contributed by atoms with van der Waals surface area (Å²) < 4.78 is 32.6. The van der Waals surface area contributed by atoms with Crippen molar-refractivity contribution in [3.63, 3.8) is 0 Å². The monoisotopic (exact) mass is 349 g/mol. The normalized spacial score (nSPS) is 13.6. The second kappa shape index (κ2) is 6.72. The summed E-state index contributed by atoms with van der Waals surface area (Å²) in [7, 11) is -1.93. The first kappa shape index (κ1) is 16.5. The lowest BCUT2D eigenvalue weighted by atomic mass is 9.99. The molecule has 1 aromatic rings. The second-order valence-corrected chi connectivity index (χ2v) is 7.49. The molecule has 6 heteroatoms. The fourth-order valence-electron chi connectivity index (χ4n) is 1.37. The predicted molar refractivity (Wildman–Crippen MR) is 79.9 cm³/mol. The van der Waals surface area contributed by atoms with Crippen LogP contribution in [0.3, 0.4) is 0 Å². The van der Waals surface area contributed by atoms with E-state index in [9.17, 15) is 8.42 Å². The number of hydrogen-bond donors (Lipinski definition) is 1. The lowest BCUT2D eigenvalue weighted by Crippen LogP contribution is -2.30. The van der Waals surface area contributed by atoms with Crippen LogP contribution in [-0.2, 0) is 10.0 Å². The Hall–Kier alpha value is -0.590. The average Bonchev–Trinajstić information content (AvgIpc) is 2.35. The molecule has 1 atom stereocenters. The fraction of sp³-hybridized carbons (Fsp3) is 0.538. The van der Waals surface area contributed by atoms with E-state index in [2.05, 4.69) is 34.5 Å². The first-order valence-electron chi connectivity index (χ1n) is 6.11. The molecule has 0 saturated heterocycles. The largest absolute Gasteiger partial charge is 0.496 e. The number of halogens is 1. The van der Waals surface area contributed by atoms with Crippen LogP contribution in [0.1, 0.15) is 20.8 Å². The van der Waals surface area contributed by atoms with Gasteiger partial charge in [0.15, 0.2) is 0 Å². The van der Waals surface area contributed by atoms with Crippen LogP contribution in [0.15, 0.2) is 27.6 Å². The highest BCUT2D eigenvalue weighted by atomic mass is 79.9. The maximum Gasteiger partial charge on any atom is 0.240 e. The molecule has 0 aliphatic heterocycles. The van der Waals surface area contributed by atoms with Crippen molar-refractivity contribution in [3.05, 3.63) is 22.7 Å². The predicted octanol–water partition coefficient (Wildman–Crippen LogP) is 3.03. The lowest BCUT2D eigenvalue weighted by molar-refractivity contribution is 0.411. The van der Waals surface area contributed by atoms with Crippen molar-refractivity contribution in [2.45, 2.75) is 25.7 Å². The Morgan fingerprint density at radius 2 is 1.95 bits per heavy atom. The van der Waals surface area contributed by atoms with Gasteiger partial charge in [-0.05, 0) is 46.0 Å². The topological polar surface area (TPSA) is 55.4 Å². The highest BCUT2D eigenvalue weighted by molar-refractivity contribution is 9.10. The van der Waals surface area contributed by atoms with E-state index < -0.39 is 10.0 Å². The second-order valence-electron chi connectivity index (χ2n) is 4.87. The molecule has 1 unspecified atom stereocenters. The summed E-state index contributed by atoms with van der Waals surface area (Å²) in [5.41, 5.74) is 0. The molecule has 0 fully saturated rings. The molecular weight excluding hydrogens is 330 g/mol. The van der Waals surface area contributed by atoms with Gasteiger partial charge in [0.1, 0.15) is 5.75 Å². The number of methoxy groups -OCH3 is 1. The average molecular weight is 350 g/mol. The standard InChI is InChI=1S/C13H20BrNO3S/c1-9(2)10(3)8-15-19(16,17)11-5-6-13(18-4)12(14)7-11/h5-7,9-10,15H,8H2,1-4H3. The minimum atomic E-state index is -3.47. The van der Waals surface area contributed by atoms with Gasteiger partial charge in [-0.1, -0.05) is 20.8 Å². The first-order valence-corrected chi connectivity index (χ1v) is 8.38. The van der Waals surface area contributed by atoms with Crippen molar-refractivity contribution in [2.75, 3.05) is 13.7 Å². The van der Waals surface area contributed by atoms with Crippen molar-refractivity contribution in [1.82, 2.24) is 4.72 Å². The maximum absolute atomic E-state index is 12.1. The van der Waals surface area contributed by atoms with Crippen molar-refractivity contribution >= 4 is 26.0 Å². The molecule has 1 aromatic carbocycles. The highest BCUT2D eigenvalue weighted by Gasteiger charge is 2.17. The molecule has 0 spiro atoms. The smallest absolute Gasteiger partial charge is 0.240 e. The number of nitrogens with one attached hydrogen (secondary N) is 1. The Balaban J connectivity index is 2.86. The molecule has 0 aromatic heterocycles. The third-order valence-corrected chi connectivity index (χ3v) is 5.21. The van der Waals surface area contributed by atoms with Crippen molar-refractivity contribution in [1.29, 1.82) is 0 Å². The van der Waals surface area contributed by atoms with E-state index in [0.29, 0.717) is 22.7 Å². The number of ether oxygens (including phenoxy) is 1. The number of hydrogen-bond acceptors (Lipinski definition) is 3. The van der Waals surface area contributed by atoms with Crippen LogP contribution in [0.25, 0.3) is 0 Å². The molecule has 0 saturated carbocycles. The van der Waals surface area contributed by atoms with Gasteiger partial charge >= 0.3 is 0 Å². The van der Waals surface area contributed by atoms with Gasteiger partial charge in [-0.25, -0.2) is 13.1 Å². The summed E-state index contributed by atoms with van der Waals surface area (Å²) in [5.74, 6) is 1.33. The molecule has 0 aliphatic carbocycles. The zero-order chi connectivity index (χ0) is 14.6. The molecule has 108 valence electrons. The third-order valence-electron chi connectivity index (χ3n) is 3.17. The van der Waals surface area contributed by atoms with Gasteiger partial charge in [0.25, 0.3) is 0 Å². The number of benzene rings is 1. The molecule has 4 nitrogen and oxygen atoms in total. The summed E-state index contributed by atoms with van der Waals surface area (Å²) in [6, 6.07) is 4.71. The van der Waals surface area contributed by atoms with E-state index in [1.54, 1.807) is 12.1 Å². The van der Waals surface area contributed by atoms with Crippen LogP contribution < -0.4 is 9.46 Å². The Morgan fingerprint density at radius 3 is 2.42 bits per heavy atom. The summed E-state index contributed by atoms with van der Waals surface area (Å²) in [5, 5.41) is 0. The Morgan fingerprint density at radius 1 is 1.32 bits per heavy atom. The minimum absolute atomic E-state index is 0.233. The van der Waals surface area contributed by atoms with E-state index in [0.717, 1.165) is 0 Å². The van der Waals surface area contributed by atoms with E-state index in [1.165, 1.54) is 13.2 Å². The molecule has 0 amide bonds. The van der Waals surface area contributed by atoms with Gasteiger partial charge in [0.2, 0.25) is 10.0 Å². The zero-order valence-electron chi connectivity index (χ0n) is 11.6. The van der Waals surface area contributed by atoms with Crippen LogP contribution in [-0.4, -0.2) is 22.1 Å². The van der Waals surface area contributed by atoms with E-state index in [1.807, 2.05) is 6.92 Å². The van der Waals surface area contributed by atoms with Gasteiger partial charge in [0, 0.05) is 6.54 Å². The highest BCUT2D eigenvalue weighted by Crippen LogP contribution is 2.27. The summed E-state index contributed by atoms with van der Waals surface area (Å²) >= 11 is 3.29. The Kier molecular flexibility index (Phi) is 5.82. The molecule has 0 aliphatic rings. The molecule has 1 rings (SSSR count). The maximum atomic E-state index is 12.1. The zero-order valence-corrected chi connectivity index (χ0v) is 14.0. The van der Waals surface area contributed by atoms with Crippen molar-refractivity contribution < 1.29 is 13.2 Å². The molecular formula is C13H20BrNO3S. The Bertz CT molecular complexity index is 529. The van der Waals surface area contributed by atoms with Crippen LogP contribution >= 0.6 is 15.9 Å². The van der Waals surface area contributed by atoms with Gasteiger partial charge in [-0.2, -0.15) is 0 Å². The van der Waals surface area contributed by atoms with E-state index in [-0.39, 0.29) is 10.8 Å². The molecule has 19 heavy (non-hydrogen) atoms. The minimum Gasteiger partial charge on any atom is -0.496 e. The van der Waals surface area contributed by atoms with E-state index >= 15 is 0 Å². The van der Waals surface area contributed by atoms with Crippen LogP contribution in [0.4, 0.5) is 0 Å². The van der Waals surface area contributed by atoms with Gasteiger partial charge < -0.3 is 4.74 Å². The third kappa shape index (κ3) is 4.47. The van der Waals surface area contributed by atoms with Gasteiger partial charge in [0.05, 0.1) is 16.5 Å². The molecule has 0 radical (unpaired) electrons. The summed E-state index contributed by atoms with van der Waals surface area (Å²) in [6.45, 7) is 6.60. The lowest BCUT2D eigenvalue weighted by Gasteiger charge is -2.16. The summed E-state index contributed by atoms with van der Waals surface area (Å²) in [4.78, 5) is 0.233. The van der Waals surface area contributed by atoms with E-state index in [4.69, 9.17) is 4.74 Å². The van der Waals surface area contributed by atoms with Crippen molar-refractivity contribution in [3.8, 4) is 5.75 Å². The summed E-state index contributed by atoms with van der Waals surface area (Å²) in [6.07, 6.45) is 0. The SMILES string of the molecule is COc1ccc(S(=O)(=O)NCC(C)C(C)C)cc1Br. The van der Waals surface area contributed by atoms with Crippen LogP contribution in [0.2, 0.25) is 0 Å². The molecule has 0 bridgehead atoms. The van der Waals surface area contributed by atoms with Crippen LogP contribution in [0, 0.1) is 11.8 Å². The van der Waals surface area contributed by atoms with Crippen LogP contribution in [0.5, 0.6) is 5.75 Å². The van der Waals surface area contributed by atoms with Gasteiger partial charge in [-0.15, -0.1) is 0 Å². The molecule has 1 N–H and O–H groups in total. The molecule has 0 heterocycles. The number of rotatable bonds is 6.